The van der Waals surface area contributed by atoms with Crippen LogP contribution in [-0.4, -0.2) is 65.0 Å². The first-order valence-electron chi connectivity index (χ1n) is 12.3. The van der Waals surface area contributed by atoms with Crippen molar-refractivity contribution in [3.05, 3.63) is 66.0 Å². The summed E-state index contributed by atoms with van der Waals surface area (Å²) in [5.41, 5.74) is 1.46. The molecule has 3 unspecified atom stereocenters. The van der Waals surface area contributed by atoms with Gasteiger partial charge in [-0.1, -0.05) is 42.3 Å². The van der Waals surface area contributed by atoms with E-state index in [1.54, 1.807) is 31.3 Å². The molecule has 1 aliphatic carbocycles. The van der Waals surface area contributed by atoms with Gasteiger partial charge in [-0.15, -0.1) is 0 Å². The van der Waals surface area contributed by atoms with E-state index < -0.39 is 18.0 Å². The number of nitrogens with one attached hydrogen (secondary N) is 2. The number of carbonyl (C=O) groups is 3. The van der Waals surface area contributed by atoms with Crippen LogP contribution in [0, 0.1) is 23.1 Å². The number of likely N-dealkylation sites (N-methyl/N-ethyl adjacent to an activating group) is 1. The maximum atomic E-state index is 13.3. The highest BCUT2D eigenvalue weighted by Crippen LogP contribution is 2.32. The zero-order chi connectivity index (χ0) is 26.4. The number of carbonyl (C=O) groups excluding carboxylic acids is 3. The fourth-order valence-corrected chi connectivity index (χ4v) is 5.14. The molecule has 3 amide bonds. The topological polar surface area (TPSA) is 106 Å². The molecule has 8 nitrogen and oxygen atoms in total. The Morgan fingerprint density at radius 2 is 1.86 bits per heavy atom. The summed E-state index contributed by atoms with van der Waals surface area (Å²) >= 11 is 1.52. The van der Waals surface area contributed by atoms with Crippen molar-refractivity contribution in [3.63, 3.8) is 0 Å². The summed E-state index contributed by atoms with van der Waals surface area (Å²) < 4.78 is 16.6. The van der Waals surface area contributed by atoms with Crippen LogP contribution in [-0.2, 0) is 20.8 Å². The Balaban J connectivity index is 1.36. The minimum atomic E-state index is -0.735. The predicted octanol–water partition coefficient (Wildman–Crippen LogP) is 2.97. The number of halogens is 1. The Labute approximate surface area is 220 Å². The SMILES string of the molecule is CN(CC(=O)N1CC(C(=O)Nc2ccccc2)CC1C#N)C(=O)C(Cc1ccc(F)cc1)NSC1CC1. The van der Waals surface area contributed by atoms with E-state index in [9.17, 15) is 24.0 Å². The third kappa shape index (κ3) is 7.31. The molecule has 2 N–H and O–H groups in total. The minimum Gasteiger partial charge on any atom is -0.335 e. The molecule has 2 aromatic carbocycles. The minimum absolute atomic E-state index is 0.118. The third-order valence-corrected chi connectivity index (χ3v) is 7.71. The summed E-state index contributed by atoms with van der Waals surface area (Å²) in [6, 6.07) is 15.8. The molecule has 2 aliphatic rings. The predicted molar refractivity (Wildman–Crippen MR) is 140 cm³/mol. The number of nitriles is 1. The zero-order valence-electron chi connectivity index (χ0n) is 20.6. The van der Waals surface area contributed by atoms with Gasteiger partial charge in [0.05, 0.1) is 18.5 Å². The van der Waals surface area contributed by atoms with Crippen LogP contribution < -0.4 is 10.0 Å². The Morgan fingerprint density at radius 3 is 2.51 bits per heavy atom. The van der Waals surface area contributed by atoms with Crippen LogP contribution in [0.4, 0.5) is 10.1 Å². The van der Waals surface area contributed by atoms with Crippen LogP contribution >= 0.6 is 11.9 Å². The van der Waals surface area contributed by atoms with Gasteiger partial charge in [0.1, 0.15) is 17.9 Å². The lowest BCUT2D eigenvalue weighted by Gasteiger charge is -2.27. The number of hydrogen-bond acceptors (Lipinski definition) is 6. The molecular weight excluding hydrogens is 493 g/mol. The van der Waals surface area contributed by atoms with Crippen molar-refractivity contribution < 1.29 is 18.8 Å². The lowest BCUT2D eigenvalue weighted by molar-refractivity contribution is -0.140. The van der Waals surface area contributed by atoms with Crippen LogP contribution in [0.15, 0.2) is 54.6 Å². The van der Waals surface area contributed by atoms with E-state index in [0.717, 1.165) is 18.4 Å². The third-order valence-electron chi connectivity index (χ3n) is 6.48. The van der Waals surface area contributed by atoms with Gasteiger partial charge in [0.15, 0.2) is 0 Å². The molecule has 1 saturated heterocycles. The second-order valence-corrected chi connectivity index (χ2v) is 10.6. The summed E-state index contributed by atoms with van der Waals surface area (Å²) in [6.45, 7) is -0.0910. The van der Waals surface area contributed by atoms with Crippen molar-refractivity contribution in [2.45, 2.75) is 43.0 Å². The number of rotatable bonds is 10. The van der Waals surface area contributed by atoms with E-state index in [0.29, 0.717) is 17.4 Å². The van der Waals surface area contributed by atoms with E-state index in [1.807, 2.05) is 18.2 Å². The second-order valence-electron chi connectivity index (χ2n) is 9.49. The standard InChI is InChI=1S/C27H30FN5O3S/c1-32(27(36)24(31-37-23-11-12-23)13-18-7-9-20(28)10-8-18)17-25(34)33-16-19(14-22(33)15-29)26(35)30-21-5-3-2-4-6-21/h2-10,19,22-24,31H,11-14,16-17H2,1H3,(H,30,35). The van der Waals surface area contributed by atoms with Gasteiger partial charge in [-0.25, -0.2) is 4.39 Å². The molecule has 2 aromatic rings. The van der Waals surface area contributed by atoms with Crippen LogP contribution in [0.5, 0.6) is 0 Å². The first-order chi connectivity index (χ1) is 17.8. The first-order valence-corrected chi connectivity index (χ1v) is 13.2. The van der Waals surface area contributed by atoms with Crippen LogP contribution in [0.1, 0.15) is 24.8 Å². The number of benzene rings is 2. The average molecular weight is 524 g/mol. The number of amides is 3. The lowest BCUT2D eigenvalue weighted by Crippen LogP contribution is -2.49. The number of hydrogen-bond donors (Lipinski definition) is 2. The van der Waals surface area contributed by atoms with Crippen LogP contribution in [0.25, 0.3) is 0 Å². The number of nitrogens with zero attached hydrogens (tertiary/aromatic N) is 3. The summed E-state index contributed by atoms with van der Waals surface area (Å²) in [5.74, 6) is -1.75. The number of anilines is 1. The molecule has 3 atom stereocenters. The molecule has 1 saturated carbocycles. The van der Waals surface area contributed by atoms with Crippen LogP contribution in [0.2, 0.25) is 0 Å². The second kappa shape index (κ2) is 12.2. The van der Waals surface area contributed by atoms with Gasteiger partial charge in [-0.05, 0) is 55.5 Å². The van der Waals surface area contributed by atoms with Gasteiger partial charge in [-0.2, -0.15) is 5.26 Å². The monoisotopic (exact) mass is 523 g/mol. The highest BCUT2D eigenvalue weighted by atomic mass is 32.2. The molecule has 0 aromatic heterocycles. The quantitative estimate of drug-likeness (QED) is 0.464. The molecular formula is C27H30FN5O3S. The number of para-hydroxylation sites is 1. The Kier molecular flexibility index (Phi) is 8.79. The molecule has 0 spiro atoms. The van der Waals surface area contributed by atoms with Gasteiger partial charge < -0.3 is 15.1 Å². The average Bonchev–Trinajstić information content (AvgIpc) is 3.62. The maximum Gasteiger partial charge on any atom is 0.243 e. The van der Waals surface area contributed by atoms with Gasteiger partial charge in [-0.3, -0.25) is 19.1 Å². The lowest BCUT2D eigenvalue weighted by atomic mass is 10.1. The van der Waals surface area contributed by atoms with E-state index in [-0.39, 0.29) is 43.0 Å². The highest BCUT2D eigenvalue weighted by Gasteiger charge is 2.39. The van der Waals surface area contributed by atoms with Gasteiger partial charge >= 0.3 is 0 Å². The molecule has 4 rings (SSSR count). The van der Waals surface area contributed by atoms with E-state index in [2.05, 4.69) is 16.1 Å². The highest BCUT2D eigenvalue weighted by molar-refractivity contribution is 7.98. The van der Waals surface area contributed by atoms with Crippen molar-refractivity contribution in [1.82, 2.24) is 14.5 Å². The summed E-state index contributed by atoms with van der Waals surface area (Å²) in [6.07, 6.45) is 2.77. The summed E-state index contributed by atoms with van der Waals surface area (Å²) in [7, 11) is 1.55. The summed E-state index contributed by atoms with van der Waals surface area (Å²) in [4.78, 5) is 41.9. The molecule has 194 valence electrons. The fraction of sp³-hybridized carbons (Fsp3) is 0.407. The van der Waals surface area contributed by atoms with E-state index in [4.69, 9.17) is 0 Å². The largest absolute Gasteiger partial charge is 0.335 e. The van der Waals surface area contributed by atoms with Crippen molar-refractivity contribution in [3.8, 4) is 6.07 Å². The molecule has 0 radical (unpaired) electrons. The van der Waals surface area contributed by atoms with Crippen molar-refractivity contribution in [1.29, 1.82) is 5.26 Å². The maximum absolute atomic E-state index is 13.3. The molecule has 10 heteroatoms. The Bertz CT molecular complexity index is 1150. The van der Waals surface area contributed by atoms with E-state index in [1.165, 1.54) is 33.9 Å². The van der Waals surface area contributed by atoms with E-state index >= 15 is 0 Å². The van der Waals surface area contributed by atoms with Gasteiger partial charge in [0.25, 0.3) is 0 Å². The summed E-state index contributed by atoms with van der Waals surface area (Å²) in [5, 5.41) is 12.9. The molecule has 37 heavy (non-hydrogen) atoms. The normalized spacial score (nSPS) is 19.6. The zero-order valence-corrected chi connectivity index (χ0v) is 21.4. The molecule has 1 aliphatic heterocycles. The van der Waals surface area contributed by atoms with Crippen molar-refractivity contribution >= 4 is 35.4 Å². The Morgan fingerprint density at radius 1 is 1.16 bits per heavy atom. The fourth-order valence-electron chi connectivity index (χ4n) is 4.23. The molecule has 1 heterocycles. The number of likely N-dealkylation sites (tertiary alicyclic amines) is 1. The smallest absolute Gasteiger partial charge is 0.243 e. The van der Waals surface area contributed by atoms with Gasteiger partial charge in [0.2, 0.25) is 17.7 Å². The first kappa shape index (κ1) is 26.6. The molecule has 0 bridgehead atoms. The van der Waals surface area contributed by atoms with Crippen molar-refractivity contribution in [2.75, 3.05) is 25.5 Å². The Hall–Kier alpha value is -3.42. The molecule has 2 fully saturated rings. The van der Waals surface area contributed by atoms with Crippen LogP contribution in [0.3, 0.4) is 0 Å². The van der Waals surface area contributed by atoms with Crippen molar-refractivity contribution in [2.24, 2.45) is 5.92 Å². The van der Waals surface area contributed by atoms with Gasteiger partial charge in [0, 0.05) is 24.5 Å².